The number of nitrogens with zero attached hydrogens (tertiary/aromatic N) is 1. The summed E-state index contributed by atoms with van der Waals surface area (Å²) < 4.78 is 30.5. The van der Waals surface area contributed by atoms with E-state index < -0.39 is 12.4 Å². The second kappa shape index (κ2) is 6.39. The highest BCUT2D eigenvalue weighted by Crippen LogP contribution is 2.26. The van der Waals surface area contributed by atoms with Crippen molar-refractivity contribution in [2.75, 3.05) is 6.61 Å². The van der Waals surface area contributed by atoms with Crippen LogP contribution in [0.5, 0.6) is 0 Å². The first kappa shape index (κ1) is 14.5. The Hall–Kier alpha value is -1.56. The van der Waals surface area contributed by atoms with Gasteiger partial charge in [-0.15, -0.1) is 0 Å². The fourth-order valence-electron chi connectivity index (χ4n) is 1.74. The highest BCUT2D eigenvalue weighted by atomic mass is 19.3. The molecule has 1 rings (SSSR count). The SMILES string of the molecule is CCOC(=O)Cc1c(C(F)F)cnc(C)c1CN. The van der Waals surface area contributed by atoms with Gasteiger partial charge in [-0.05, 0) is 25.0 Å². The molecule has 4 nitrogen and oxygen atoms in total. The normalized spacial score (nSPS) is 10.8. The highest BCUT2D eigenvalue weighted by Gasteiger charge is 2.20. The third-order valence-electron chi connectivity index (χ3n) is 2.61. The van der Waals surface area contributed by atoms with E-state index in [0.29, 0.717) is 11.3 Å². The molecule has 0 bridgehead atoms. The third-order valence-corrected chi connectivity index (χ3v) is 2.61. The number of ether oxygens (including phenoxy) is 1. The van der Waals surface area contributed by atoms with Crippen LogP contribution in [0.1, 0.15) is 35.7 Å². The molecule has 0 fully saturated rings. The summed E-state index contributed by atoms with van der Waals surface area (Å²) in [5.41, 5.74) is 6.56. The first-order valence-corrected chi connectivity index (χ1v) is 5.62. The molecular formula is C12H16F2N2O2. The van der Waals surface area contributed by atoms with E-state index in [1.165, 1.54) is 0 Å². The molecule has 0 atom stereocenters. The third kappa shape index (κ3) is 3.22. The van der Waals surface area contributed by atoms with E-state index in [-0.39, 0.29) is 30.7 Å². The van der Waals surface area contributed by atoms with Gasteiger partial charge in [0.15, 0.2) is 0 Å². The number of aromatic nitrogens is 1. The van der Waals surface area contributed by atoms with Crippen molar-refractivity contribution in [2.24, 2.45) is 5.73 Å². The smallest absolute Gasteiger partial charge is 0.310 e. The minimum absolute atomic E-state index is 0.0636. The second-order valence-electron chi connectivity index (χ2n) is 3.74. The lowest BCUT2D eigenvalue weighted by Crippen LogP contribution is -2.15. The number of alkyl halides is 2. The van der Waals surface area contributed by atoms with Crippen LogP contribution >= 0.6 is 0 Å². The van der Waals surface area contributed by atoms with Crippen molar-refractivity contribution in [3.63, 3.8) is 0 Å². The van der Waals surface area contributed by atoms with Crippen LogP contribution in [-0.2, 0) is 22.5 Å². The van der Waals surface area contributed by atoms with Crippen molar-refractivity contribution in [3.8, 4) is 0 Å². The molecule has 0 amide bonds. The van der Waals surface area contributed by atoms with Gasteiger partial charge < -0.3 is 10.5 Å². The molecule has 0 aliphatic rings. The molecule has 0 unspecified atom stereocenters. The maximum absolute atomic E-state index is 12.9. The van der Waals surface area contributed by atoms with Gasteiger partial charge in [-0.1, -0.05) is 0 Å². The molecule has 0 saturated heterocycles. The topological polar surface area (TPSA) is 65.2 Å². The molecule has 0 saturated carbocycles. The van der Waals surface area contributed by atoms with Crippen molar-refractivity contribution in [1.82, 2.24) is 4.98 Å². The minimum Gasteiger partial charge on any atom is -0.466 e. The molecule has 6 heteroatoms. The van der Waals surface area contributed by atoms with E-state index >= 15 is 0 Å². The maximum Gasteiger partial charge on any atom is 0.310 e. The van der Waals surface area contributed by atoms with Crippen LogP contribution in [0.25, 0.3) is 0 Å². The van der Waals surface area contributed by atoms with Gasteiger partial charge in [0.25, 0.3) is 6.43 Å². The summed E-state index contributed by atoms with van der Waals surface area (Å²) in [6.45, 7) is 3.61. The molecule has 0 spiro atoms. The summed E-state index contributed by atoms with van der Waals surface area (Å²) in [5.74, 6) is -0.542. The predicted molar refractivity (Wildman–Crippen MR) is 62.2 cm³/mol. The Kier molecular flexibility index (Phi) is 5.15. The summed E-state index contributed by atoms with van der Waals surface area (Å²) in [4.78, 5) is 15.3. The van der Waals surface area contributed by atoms with Crippen LogP contribution in [0, 0.1) is 6.92 Å². The van der Waals surface area contributed by atoms with Gasteiger partial charge in [-0.3, -0.25) is 9.78 Å². The quantitative estimate of drug-likeness (QED) is 0.819. The number of esters is 1. The van der Waals surface area contributed by atoms with Crippen LogP contribution in [-0.4, -0.2) is 17.6 Å². The molecule has 0 aliphatic heterocycles. The van der Waals surface area contributed by atoms with Gasteiger partial charge >= 0.3 is 5.97 Å². The van der Waals surface area contributed by atoms with Gasteiger partial charge in [0.1, 0.15) is 0 Å². The molecule has 2 N–H and O–H groups in total. The van der Waals surface area contributed by atoms with Crippen LogP contribution in [0.3, 0.4) is 0 Å². The standard InChI is InChI=1S/C12H16F2N2O2/c1-3-18-11(17)4-8-9(5-15)7(2)16-6-10(8)12(13)14/h6,12H,3-5,15H2,1-2H3. The highest BCUT2D eigenvalue weighted by molar-refractivity contribution is 5.73. The Labute approximate surface area is 104 Å². The monoisotopic (exact) mass is 258 g/mol. The van der Waals surface area contributed by atoms with Crippen molar-refractivity contribution < 1.29 is 18.3 Å². The second-order valence-corrected chi connectivity index (χ2v) is 3.74. The lowest BCUT2D eigenvalue weighted by atomic mass is 9.98. The van der Waals surface area contributed by atoms with E-state index in [2.05, 4.69) is 4.98 Å². The van der Waals surface area contributed by atoms with Gasteiger partial charge in [-0.2, -0.15) is 0 Å². The minimum atomic E-state index is -2.69. The molecule has 0 aliphatic carbocycles. The molecule has 0 aromatic carbocycles. The van der Waals surface area contributed by atoms with Crippen molar-refractivity contribution in [2.45, 2.75) is 33.2 Å². The maximum atomic E-state index is 12.9. The lowest BCUT2D eigenvalue weighted by molar-refractivity contribution is -0.142. The molecule has 18 heavy (non-hydrogen) atoms. The zero-order valence-corrected chi connectivity index (χ0v) is 10.4. The van der Waals surface area contributed by atoms with Gasteiger partial charge in [0.05, 0.1) is 13.0 Å². The number of carbonyl (C=O) groups excluding carboxylic acids is 1. The molecule has 100 valence electrons. The fraction of sp³-hybridized carbons (Fsp3) is 0.500. The summed E-state index contributed by atoms with van der Waals surface area (Å²) in [6, 6.07) is 0. The largest absolute Gasteiger partial charge is 0.466 e. The molecule has 1 heterocycles. The molecule has 1 aromatic heterocycles. The number of nitrogens with two attached hydrogens (primary N) is 1. The number of carbonyl (C=O) groups is 1. The van der Waals surface area contributed by atoms with Crippen molar-refractivity contribution in [1.29, 1.82) is 0 Å². The summed E-state index contributed by atoms with van der Waals surface area (Å²) in [6.07, 6.45) is -1.80. The van der Waals surface area contributed by atoms with E-state index in [1.54, 1.807) is 13.8 Å². The van der Waals surface area contributed by atoms with Crippen LogP contribution < -0.4 is 5.73 Å². The Morgan fingerprint density at radius 3 is 2.67 bits per heavy atom. The lowest BCUT2D eigenvalue weighted by Gasteiger charge is -2.14. The van der Waals surface area contributed by atoms with E-state index in [4.69, 9.17) is 10.5 Å². The van der Waals surface area contributed by atoms with Crippen LogP contribution in [0.4, 0.5) is 8.78 Å². The van der Waals surface area contributed by atoms with Gasteiger partial charge in [0.2, 0.25) is 0 Å². The van der Waals surface area contributed by atoms with Crippen molar-refractivity contribution in [3.05, 3.63) is 28.6 Å². The number of halogens is 2. The molecule has 1 aromatic rings. The Morgan fingerprint density at radius 1 is 1.50 bits per heavy atom. The van der Waals surface area contributed by atoms with E-state index in [1.807, 2.05) is 0 Å². The van der Waals surface area contributed by atoms with Crippen LogP contribution in [0.15, 0.2) is 6.20 Å². The van der Waals surface area contributed by atoms with Gasteiger partial charge in [-0.25, -0.2) is 8.78 Å². The first-order chi connectivity index (χ1) is 8.51. The summed E-state index contributed by atoms with van der Waals surface area (Å²) in [7, 11) is 0. The predicted octanol–water partition coefficient (Wildman–Crippen LogP) is 1.89. The zero-order valence-electron chi connectivity index (χ0n) is 10.4. The first-order valence-electron chi connectivity index (χ1n) is 5.62. The molecular weight excluding hydrogens is 242 g/mol. The summed E-state index contributed by atoms with van der Waals surface area (Å²) >= 11 is 0. The number of hydrogen-bond acceptors (Lipinski definition) is 4. The average molecular weight is 258 g/mol. The van der Waals surface area contributed by atoms with E-state index in [9.17, 15) is 13.6 Å². The van der Waals surface area contributed by atoms with Gasteiger partial charge in [0, 0.05) is 24.0 Å². The summed E-state index contributed by atoms with van der Waals surface area (Å²) in [5, 5.41) is 0. The molecule has 0 radical (unpaired) electrons. The van der Waals surface area contributed by atoms with Crippen molar-refractivity contribution >= 4 is 5.97 Å². The number of rotatable bonds is 5. The fourth-order valence-corrected chi connectivity index (χ4v) is 1.74. The zero-order chi connectivity index (χ0) is 13.7. The Morgan fingerprint density at radius 2 is 2.17 bits per heavy atom. The number of aryl methyl sites for hydroxylation is 1. The Bertz CT molecular complexity index is 436. The van der Waals surface area contributed by atoms with Crippen LogP contribution in [0.2, 0.25) is 0 Å². The Balaban J connectivity index is 3.19. The number of pyridine rings is 1. The number of hydrogen-bond donors (Lipinski definition) is 1. The van der Waals surface area contributed by atoms with E-state index in [0.717, 1.165) is 6.20 Å². The average Bonchev–Trinajstić information content (AvgIpc) is 2.29.